The van der Waals surface area contributed by atoms with Crippen molar-refractivity contribution >= 4 is 34.1 Å². The summed E-state index contributed by atoms with van der Waals surface area (Å²) in [4.78, 5) is 32.6. The number of carbonyl (C=O) groups is 2. The van der Waals surface area contributed by atoms with Crippen molar-refractivity contribution in [2.75, 3.05) is 19.6 Å². The molecule has 1 aliphatic heterocycles. The quantitative estimate of drug-likeness (QED) is 0.446. The van der Waals surface area contributed by atoms with E-state index in [4.69, 9.17) is 0 Å². The molecule has 2 amide bonds. The maximum Gasteiger partial charge on any atom is 0.262 e. The summed E-state index contributed by atoms with van der Waals surface area (Å²) in [6.07, 6.45) is 3.61. The molecule has 1 saturated heterocycles. The Morgan fingerprint density at radius 2 is 1.88 bits per heavy atom. The molecule has 3 atom stereocenters. The van der Waals surface area contributed by atoms with Crippen molar-refractivity contribution in [3.63, 3.8) is 0 Å². The zero-order valence-corrected chi connectivity index (χ0v) is 21.4. The zero-order valence-electron chi connectivity index (χ0n) is 20.6. The number of hydrogen-bond acceptors (Lipinski definition) is 4. The van der Waals surface area contributed by atoms with Gasteiger partial charge < -0.3 is 15.6 Å². The molecule has 182 valence electrons. The fourth-order valence-electron chi connectivity index (χ4n) is 5.06. The van der Waals surface area contributed by atoms with Gasteiger partial charge in [0.2, 0.25) is 5.91 Å². The first-order chi connectivity index (χ1) is 16.2. The van der Waals surface area contributed by atoms with E-state index in [9.17, 15) is 9.59 Å². The van der Waals surface area contributed by atoms with Gasteiger partial charge in [0.15, 0.2) is 0 Å². The van der Waals surface area contributed by atoms with Crippen LogP contribution in [-0.2, 0) is 11.2 Å². The molecule has 4 rings (SSSR count). The minimum Gasteiger partial charge on any atom is -0.361 e. The fourth-order valence-corrected chi connectivity index (χ4v) is 5.69. The van der Waals surface area contributed by atoms with Gasteiger partial charge in [-0.25, -0.2) is 0 Å². The molecule has 3 aromatic rings. The number of thiophene rings is 1. The number of nitrogens with one attached hydrogen (secondary N) is 3. The lowest BCUT2D eigenvalue weighted by Crippen LogP contribution is -2.58. The number of nitrogens with zero attached hydrogens (tertiary/aromatic N) is 1. The van der Waals surface area contributed by atoms with Crippen molar-refractivity contribution in [3.05, 3.63) is 58.4 Å². The summed E-state index contributed by atoms with van der Waals surface area (Å²) < 4.78 is 0. The Morgan fingerprint density at radius 3 is 2.59 bits per heavy atom. The Bertz CT molecular complexity index is 1110. The second-order valence-electron chi connectivity index (χ2n) is 10.4. The molecule has 1 aliphatic rings. The molecule has 0 saturated carbocycles. The standard InChI is InChI=1S/C27H36N4O2S/c1-18-12-19(2)16-31(15-18)27(3,4)17-29-25(32)23(30-26(33)24-10-7-11-34-24)13-20-14-28-22-9-6-5-8-21(20)22/h5-11,14,18-19,23,28H,12-13,15-17H2,1-4H3,(H,29,32)(H,30,33)/t18-,19+,23-/m1/s1. The number of aromatic nitrogens is 1. The smallest absolute Gasteiger partial charge is 0.262 e. The maximum absolute atomic E-state index is 13.4. The van der Waals surface area contributed by atoms with E-state index in [2.05, 4.69) is 48.2 Å². The molecule has 0 spiro atoms. The number of para-hydroxylation sites is 1. The largest absolute Gasteiger partial charge is 0.361 e. The maximum atomic E-state index is 13.4. The van der Waals surface area contributed by atoms with Crippen LogP contribution in [-0.4, -0.2) is 52.9 Å². The third-order valence-corrected chi connectivity index (χ3v) is 7.75. The van der Waals surface area contributed by atoms with E-state index in [0.717, 1.165) is 29.6 Å². The predicted molar refractivity (Wildman–Crippen MR) is 139 cm³/mol. The number of aromatic amines is 1. The Balaban J connectivity index is 1.48. The van der Waals surface area contributed by atoms with Gasteiger partial charge in [-0.2, -0.15) is 0 Å². The SMILES string of the molecule is C[C@@H]1C[C@H](C)CN(C(C)(C)CNC(=O)[C@@H](Cc2c[nH]c3ccccc23)NC(=O)c2cccs2)C1. The van der Waals surface area contributed by atoms with Gasteiger partial charge in [-0.3, -0.25) is 14.5 Å². The molecular formula is C27H36N4O2S. The molecule has 3 heterocycles. The van der Waals surface area contributed by atoms with E-state index < -0.39 is 6.04 Å². The summed E-state index contributed by atoms with van der Waals surface area (Å²) in [6, 6.07) is 11.0. The van der Waals surface area contributed by atoms with Crippen LogP contribution in [0.25, 0.3) is 10.9 Å². The second kappa shape index (κ2) is 10.3. The summed E-state index contributed by atoms with van der Waals surface area (Å²) in [5, 5.41) is 9.08. The van der Waals surface area contributed by atoms with Crippen LogP contribution in [0.1, 0.15) is 49.4 Å². The van der Waals surface area contributed by atoms with Gasteiger partial charge in [0.05, 0.1) is 4.88 Å². The van der Waals surface area contributed by atoms with Crippen LogP contribution in [0.15, 0.2) is 48.0 Å². The van der Waals surface area contributed by atoms with Crippen molar-refractivity contribution in [2.24, 2.45) is 11.8 Å². The average molecular weight is 481 g/mol. The summed E-state index contributed by atoms with van der Waals surface area (Å²) >= 11 is 1.38. The van der Waals surface area contributed by atoms with E-state index in [1.807, 2.05) is 41.9 Å². The number of piperidine rings is 1. The van der Waals surface area contributed by atoms with Crippen LogP contribution in [0, 0.1) is 11.8 Å². The molecule has 34 heavy (non-hydrogen) atoms. The Labute approximate surface area is 206 Å². The van der Waals surface area contributed by atoms with E-state index in [0.29, 0.717) is 29.7 Å². The van der Waals surface area contributed by atoms with Crippen LogP contribution < -0.4 is 10.6 Å². The first-order valence-corrected chi connectivity index (χ1v) is 13.0. The van der Waals surface area contributed by atoms with E-state index in [1.54, 1.807) is 6.07 Å². The summed E-state index contributed by atoms with van der Waals surface area (Å²) in [6.45, 7) is 11.6. The molecule has 6 nitrogen and oxygen atoms in total. The van der Waals surface area contributed by atoms with Crippen LogP contribution in [0.2, 0.25) is 0 Å². The highest BCUT2D eigenvalue weighted by Crippen LogP contribution is 2.27. The number of H-pyrrole nitrogens is 1. The first kappa shape index (κ1) is 24.5. The molecule has 0 unspecified atom stereocenters. The highest BCUT2D eigenvalue weighted by molar-refractivity contribution is 7.12. The van der Waals surface area contributed by atoms with Gasteiger partial charge in [0.1, 0.15) is 6.04 Å². The van der Waals surface area contributed by atoms with E-state index in [1.165, 1.54) is 17.8 Å². The van der Waals surface area contributed by atoms with Crippen molar-refractivity contribution in [3.8, 4) is 0 Å². The summed E-state index contributed by atoms with van der Waals surface area (Å²) in [5.41, 5.74) is 1.87. The Morgan fingerprint density at radius 1 is 1.15 bits per heavy atom. The van der Waals surface area contributed by atoms with Gasteiger partial charge in [-0.15, -0.1) is 11.3 Å². The topological polar surface area (TPSA) is 77.2 Å². The number of fused-ring (bicyclic) bond motifs is 1. The van der Waals surface area contributed by atoms with Crippen molar-refractivity contribution in [1.29, 1.82) is 0 Å². The van der Waals surface area contributed by atoms with E-state index in [-0.39, 0.29) is 17.4 Å². The number of carbonyl (C=O) groups excluding carboxylic acids is 2. The minimum atomic E-state index is -0.663. The van der Waals surface area contributed by atoms with Gasteiger partial charge >= 0.3 is 0 Å². The van der Waals surface area contributed by atoms with Gasteiger partial charge in [0.25, 0.3) is 5.91 Å². The number of amides is 2. The van der Waals surface area contributed by atoms with Gasteiger partial charge in [-0.05, 0) is 55.2 Å². The molecule has 0 radical (unpaired) electrons. The number of hydrogen-bond donors (Lipinski definition) is 3. The lowest BCUT2D eigenvalue weighted by molar-refractivity contribution is -0.123. The molecular weight excluding hydrogens is 444 g/mol. The summed E-state index contributed by atoms with van der Waals surface area (Å²) in [5.74, 6) is 0.936. The van der Waals surface area contributed by atoms with Crippen LogP contribution >= 0.6 is 11.3 Å². The normalized spacial score (nSPS) is 20.2. The van der Waals surface area contributed by atoms with Gasteiger partial charge in [0, 0.05) is 48.7 Å². The third kappa shape index (κ3) is 5.70. The van der Waals surface area contributed by atoms with Crippen LogP contribution in [0.4, 0.5) is 0 Å². The Kier molecular flexibility index (Phi) is 7.43. The fraction of sp³-hybridized carbons (Fsp3) is 0.481. The zero-order chi connectivity index (χ0) is 24.3. The van der Waals surface area contributed by atoms with E-state index >= 15 is 0 Å². The van der Waals surface area contributed by atoms with Crippen LogP contribution in [0.3, 0.4) is 0 Å². The molecule has 3 N–H and O–H groups in total. The average Bonchev–Trinajstić information content (AvgIpc) is 3.47. The second-order valence-corrected chi connectivity index (χ2v) is 11.4. The highest BCUT2D eigenvalue weighted by atomic mass is 32.1. The van der Waals surface area contributed by atoms with Gasteiger partial charge in [-0.1, -0.05) is 38.1 Å². The molecule has 1 fully saturated rings. The van der Waals surface area contributed by atoms with Crippen molar-refractivity contribution in [2.45, 2.75) is 52.1 Å². The third-order valence-electron chi connectivity index (χ3n) is 6.89. The number of benzene rings is 1. The Hall–Kier alpha value is -2.64. The summed E-state index contributed by atoms with van der Waals surface area (Å²) in [7, 11) is 0. The lowest BCUT2D eigenvalue weighted by atomic mass is 9.88. The molecule has 2 aromatic heterocycles. The number of likely N-dealkylation sites (tertiary alicyclic amines) is 1. The van der Waals surface area contributed by atoms with Crippen LogP contribution in [0.5, 0.6) is 0 Å². The molecule has 1 aromatic carbocycles. The molecule has 0 bridgehead atoms. The van der Waals surface area contributed by atoms with Crippen molar-refractivity contribution in [1.82, 2.24) is 20.5 Å². The first-order valence-electron chi connectivity index (χ1n) is 12.1. The highest BCUT2D eigenvalue weighted by Gasteiger charge is 2.34. The minimum absolute atomic E-state index is 0.152. The molecule has 7 heteroatoms. The predicted octanol–water partition coefficient (Wildman–Crippen LogP) is 4.44. The van der Waals surface area contributed by atoms with Crippen molar-refractivity contribution < 1.29 is 9.59 Å². The number of rotatable bonds is 8. The lowest BCUT2D eigenvalue weighted by Gasteiger charge is -2.45. The monoisotopic (exact) mass is 480 g/mol. The molecule has 0 aliphatic carbocycles.